The third-order valence-corrected chi connectivity index (χ3v) is 5.99. The first-order valence-corrected chi connectivity index (χ1v) is 12.1. The van der Waals surface area contributed by atoms with Crippen molar-refractivity contribution in [2.45, 2.75) is 20.0 Å². The van der Waals surface area contributed by atoms with Gasteiger partial charge in [-0.1, -0.05) is 12.1 Å². The second kappa shape index (κ2) is 10.5. The number of aromatic nitrogens is 6. The van der Waals surface area contributed by atoms with E-state index >= 15 is 0 Å². The zero-order chi connectivity index (χ0) is 28.4. The Morgan fingerprint density at radius 3 is 2.52 bits per heavy atom. The number of hydrogen-bond acceptors (Lipinski definition) is 7. The molecule has 0 atom stereocenters. The molecule has 0 saturated carbocycles. The fraction of sp³-hybridized carbons (Fsp3) is 0.148. The van der Waals surface area contributed by atoms with Gasteiger partial charge in [-0.05, 0) is 49.7 Å². The third-order valence-electron chi connectivity index (χ3n) is 5.99. The molecule has 3 N–H and O–H groups in total. The van der Waals surface area contributed by atoms with E-state index in [9.17, 15) is 18.0 Å². The standard InChI is InChI=1S/C27H24F3N9O/c1-16-7-8-20(34-25(40)18-5-4-6-19(12-18)27(28,29)30)13-21(16)35-26-31-9-10-39(26)23-14-22(32-15-33-23)36-24-11-17(2)37-38(24)3/h4-15H,1-3H3,(H,31,35)(H,34,40)(H,32,33,36). The molecule has 5 aromatic rings. The fourth-order valence-corrected chi connectivity index (χ4v) is 3.98. The molecule has 0 unspecified atom stereocenters. The molecular weight excluding hydrogens is 523 g/mol. The topological polar surface area (TPSA) is 115 Å². The van der Waals surface area contributed by atoms with Gasteiger partial charge in [0.1, 0.15) is 23.8 Å². The van der Waals surface area contributed by atoms with Crippen molar-refractivity contribution in [3.05, 3.63) is 95.7 Å². The molecule has 10 nitrogen and oxygen atoms in total. The minimum absolute atomic E-state index is 0.102. The maximum atomic E-state index is 13.1. The number of amides is 1. The number of rotatable bonds is 7. The number of nitrogens with one attached hydrogen (secondary N) is 3. The number of hydrogen-bond donors (Lipinski definition) is 3. The van der Waals surface area contributed by atoms with Crippen LogP contribution in [0.1, 0.15) is 27.2 Å². The van der Waals surface area contributed by atoms with Crippen molar-refractivity contribution in [2.24, 2.45) is 7.05 Å². The monoisotopic (exact) mass is 547 g/mol. The van der Waals surface area contributed by atoms with Crippen molar-refractivity contribution in [1.29, 1.82) is 0 Å². The molecule has 2 aromatic carbocycles. The van der Waals surface area contributed by atoms with Crippen molar-refractivity contribution in [3.63, 3.8) is 0 Å². The van der Waals surface area contributed by atoms with Crippen molar-refractivity contribution in [2.75, 3.05) is 16.0 Å². The minimum Gasteiger partial charge on any atom is -0.325 e. The Morgan fingerprint density at radius 1 is 0.950 bits per heavy atom. The van der Waals surface area contributed by atoms with E-state index in [2.05, 4.69) is 36.0 Å². The van der Waals surface area contributed by atoms with Crippen LogP contribution in [0.4, 0.5) is 42.1 Å². The number of benzene rings is 2. The molecule has 0 aliphatic heterocycles. The number of nitrogens with zero attached hydrogens (tertiary/aromatic N) is 6. The first-order valence-electron chi connectivity index (χ1n) is 12.1. The average molecular weight is 548 g/mol. The largest absolute Gasteiger partial charge is 0.416 e. The Balaban J connectivity index is 1.35. The molecule has 13 heteroatoms. The first-order chi connectivity index (χ1) is 19.1. The number of halogens is 3. The van der Waals surface area contributed by atoms with Crippen LogP contribution in [0.5, 0.6) is 0 Å². The van der Waals surface area contributed by atoms with Gasteiger partial charge in [-0.2, -0.15) is 18.3 Å². The summed E-state index contributed by atoms with van der Waals surface area (Å²) in [6.45, 7) is 3.77. The summed E-state index contributed by atoms with van der Waals surface area (Å²) in [6, 6.07) is 13.0. The summed E-state index contributed by atoms with van der Waals surface area (Å²) in [4.78, 5) is 25.7. The van der Waals surface area contributed by atoms with Gasteiger partial charge >= 0.3 is 6.18 Å². The minimum atomic E-state index is -4.54. The number of imidazole rings is 1. The number of carbonyl (C=O) groups excluding carboxylic acids is 1. The molecule has 0 aliphatic rings. The van der Waals surface area contributed by atoms with Crippen molar-refractivity contribution in [1.82, 2.24) is 29.3 Å². The van der Waals surface area contributed by atoms with Crippen LogP contribution in [-0.2, 0) is 13.2 Å². The predicted octanol–water partition coefficient (Wildman–Crippen LogP) is 5.77. The van der Waals surface area contributed by atoms with Gasteiger partial charge in [-0.3, -0.25) is 14.0 Å². The number of aryl methyl sites for hydroxylation is 3. The average Bonchev–Trinajstić information content (AvgIpc) is 3.50. The molecular formula is C27H24F3N9O. The van der Waals surface area contributed by atoms with Crippen LogP contribution >= 0.6 is 0 Å². The molecule has 0 radical (unpaired) electrons. The van der Waals surface area contributed by atoms with Crippen molar-refractivity contribution >= 4 is 34.9 Å². The maximum absolute atomic E-state index is 13.1. The van der Waals surface area contributed by atoms with Crippen molar-refractivity contribution < 1.29 is 18.0 Å². The fourth-order valence-electron chi connectivity index (χ4n) is 3.98. The van der Waals surface area contributed by atoms with Gasteiger partial charge in [0.2, 0.25) is 5.95 Å². The van der Waals surface area contributed by atoms with E-state index in [4.69, 9.17) is 0 Å². The van der Waals surface area contributed by atoms with Gasteiger partial charge in [0.25, 0.3) is 5.91 Å². The smallest absolute Gasteiger partial charge is 0.325 e. The lowest BCUT2D eigenvalue weighted by molar-refractivity contribution is -0.137. The summed E-state index contributed by atoms with van der Waals surface area (Å²) in [7, 11) is 1.83. The van der Waals surface area contributed by atoms with Gasteiger partial charge in [0.05, 0.1) is 11.3 Å². The molecule has 1 amide bonds. The number of alkyl halides is 3. The molecule has 0 saturated heterocycles. The summed E-state index contributed by atoms with van der Waals surface area (Å²) in [5.74, 6) is 1.66. The second-order valence-electron chi connectivity index (χ2n) is 8.99. The molecule has 40 heavy (non-hydrogen) atoms. The molecule has 0 bridgehead atoms. The Labute approximate surface area is 226 Å². The highest BCUT2D eigenvalue weighted by atomic mass is 19.4. The highest BCUT2D eigenvalue weighted by Crippen LogP contribution is 2.30. The number of anilines is 5. The zero-order valence-electron chi connectivity index (χ0n) is 21.7. The van der Waals surface area contributed by atoms with E-state index in [1.165, 1.54) is 18.5 Å². The third kappa shape index (κ3) is 5.77. The van der Waals surface area contributed by atoms with Gasteiger partial charge in [0, 0.05) is 48.5 Å². The highest BCUT2D eigenvalue weighted by molar-refractivity contribution is 6.04. The molecule has 0 aliphatic carbocycles. The van der Waals surface area contributed by atoms with Crippen LogP contribution in [0.25, 0.3) is 5.82 Å². The summed E-state index contributed by atoms with van der Waals surface area (Å²) in [5, 5.41) is 13.4. The molecule has 0 spiro atoms. The van der Waals surface area contributed by atoms with Crippen LogP contribution in [0.3, 0.4) is 0 Å². The number of carbonyl (C=O) groups is 1. The lowest BCUT2D eigenvalue weighted by Crippen LogP contribution is -2.14. The Hall–Kier alpha value is -5.20. The lowest BCUT2D eigenvalue weighted by atomic mass is 10.1. The molecule has 5 rings (SSSR count). The van der Waals surface area contributed by atoms with Crippen LogP contribution in [-0.4, -0.2) is 35.2 Å². The summed E-state index contributed by atoms with van der Waals surface area (Å²) in [5.41, 5.74) is 1.75. The first kappa shape index (κ1) is 26.4. The molecule has 0 fully saturated rings. The van der Waals surface area contributed by atoms with E-state index in [0.717, 1.165) is 29.2 Å². The molecule has 3 aromatic heterocycles. The Bertz CT molecular complexity index is 1690. The predicted molar refractivity (Wildman–Crippen MR) is 144 cm³/mol. The van der Waals surface area contributed by atoms with Crippen LogP contribution < -0.4 is 16.0 Å². The quantitative estimate of drug-likeness (QED) is 0.237. The second-order valence-corrected chi connectivity index (χ2v) is 8.99. The lowest BCUT2D eigenvalue weighted by Gasteiger charge is -2.14. The van der Waals surface area contributed by atoms with E-state index in [1.807, 2.05) is 27.0 Å². The normalized spacial score (nSPS) is 11.3. The van der Waals surface area contributed by atoms with Crippen LogP contribution in [0, 0.1) is 13.8 Å². The molecule has 204 valence electrons. The van der Waals surface area contributed by atoms with Gasteiger partial charge in [0.15, 0.2) is 0 Å². The van der Waals surface area contributed by atoms with E-state index < -0.39 is 17.6 Å². The Morgan fingerprint density at radius 2 is 1.77 bits per heavy atom. The highest BCUT2D eigenvalue weighted by Gasteiger charge is 2.31. The van der Waals surface area contributed by atoms with Crippen molar-refractivity contribution in [3.8, 4) is 5.82 Å². The summed E-state index contributed by atoms with van der Waals surface area (Å²) < 4.78 is 42.6. The Kier molecular flexibility index (Phi) is 6.94. The summed E-state index contributed by atoms with van der Waals surface area (Å²) >= 11 is 0. The van der Waals surface area contributed by atoms with Crippen LogP contribution in [0.2, 0.25) is 0 Å². The van der Waals surface area contributed by atoms with E-state index in [0.29, 0.717) is 29.0 Å². The van der Waals surface area contributed by atoms with Crippen LogP contribution in [0.15, 0.2) is 73.3 Å². The van der Waals surface area contributed by atoms with E-state index in [1.54, 1.807) is 45.9 Å². The maximum Gasteiger partial charge on any atom is 0.416 e. The zero-order valence-corrected chi connectivity index (χ0v) is 21.7. The van der Waals surface area contributed by atoms with E-state index in [-0.39, 0.29) is 5.56 Å². The molecule has 3 heterocycles. The summed E-state index contributed by atoms with van der Waals surface area (Å²) in [6.07, 6.45) is 0.227. The SMILES string of the molecule is Cc1cc(Nc2cc(-n3ccnc3Nc3cc(NC(=O)c4cccc(C(F)(F)F)c4)ccc3C)ncn2)n(C)n1. The van der Waals surface area contributed by atoms with Gasteiger partial charge in [-0.15, -0.1) is 0 Å². The van der Waals surface area contributed by atoms with Gasteiger partial charge in [-0.25, -0.2) is 15.0 Å². The van der Waals surface area contributed by atoms with Gasteiger partial charge < -0.3 is 16.0 Å².